The second-order valence-electron chi connectivity index (χ2n) is 6.27. The fraction of sp³-hybridized carbons (Fsp3) is 0.0455. The summed E-state index contributed by atoms with van der Waals surface area (Å²) in [7, 11) is 1.34. The predicted molar refractivity (Wildman–Crippen MR) is 123 cm³/mol. The Kier molecular flexibility index (Phi) is 5.76. The van der Waals surface area contributed by atoms with E-state index in [2.05, 4.69) is 0 Å². The number of halogens is 1. The minimum absolute atomic E-state index is 0.229. The first-order chi connectivity index (χ1) is 14.5. The zero-order valence-corrected chi connectivity index (χ0v) is 18.0. The number of hydrogen-bond donors (Lipinski definition) is 0. The van der Waals surface area contributed by atoms with E-state index in [0.29, 0.717) is 37.0 Å². The molecule has 0 bridgehead atoms. The standard InChI is InChI=1S/C22H14ClNO4S2/c1-27-21(26)14-7-5-13(6-8-14)18-10-9-17(28-18)12-19-20(25)24(22(29)30-19)16-4-2-3-15(23)11-16/h2-12H,1H3/b19-12-. The number of rotatable bonds is 4. The number of hydrogen-bond acceptors (Lipinski definition) is 6. The Bertz CT molecular complexity index is 1180. The van der Waals surface area contributed by atoms with E-state index >= 15 is 0 Å². The van der Waals surface area contributed by atoms with Crippen LogP contribution in [0, 0.1) is 0 Å². The van der Waals surface area contributed by atoms with Gasteiger partial charge in [0, 0.05) is 16.7 Å². The van der Waals surface area contributed by atoms with Gasteiger partial charge in [-0.05, 0) is 42.5 Å². The van der Waals surface area contributed by atoms with Gasteiger partial charge < -0.3 is 9.15 Å². The quantitative estimate of drug-likeness (QED) is 0.282. The number of amides is 1. The van der Waals surface area contributed by atoms with Crippen molar-refractivity contribution in [2.45, 2.75) is 0 Å². The lowest BCUT2D eigenvalue weighted by Gasteiger charge is -2.14. The van der Waals surface area contributed by atoms with Crippen LogP contribution >= 0.6 is 35.6 Å². The normalized spacial score (nSPS) is 15.1. The highest BCUT2D eigenvalue weighted by Crippen LogP contribution is 2.37. The van der Waals surface area contributed by atoms with E-state index in [9.17, 15) is 9.59 Å². The van der Waals surface area contributed by atoms with Gasteiger partial charge in [-0.1, -0.05) is 53.8 Å². The number of thiocarbonyl (C=S) groups is 1. The second kappa shape index (κ2) is 8.47. The molecular formula is C22H14ClNO4S2. The van der Waals surface area contributed by atoms with E-state index in [-0.39, 0.29) is 5.91 Å². The molecule has 150 valence electrons. The lowest BCUT2D eigenvalue weighted by atomic mass is 10.1. The monoisotopic (exact) mass is 455 g/mol. The van der Waals surface area contributed by atoms with Crippen molar-refractivity contribution < 1.29 is 18.7 Å². The average molecular weight is 456 g/mol. The molecular weight excluding hydrogens is 442 g/mol. The Labute approximate surface area is 187 Å². The van der Waals surface area contributed by atoms with Gasteiger partial charge >= 0.3 is 5.97 Å². The fourth-order valence-corrected chi connectivity index (χ4v) is 4.37. The highest BCUT2D eigenvalue weighted by Gasteiger charge is 2.33. The number of carbonyl (C=O) groups is 2. The highest BCUT2D eigenvalue weighted by molar-refractivity contribution is 8.27. The molecule has 1 saturated heterocycles. The van der Waals surface area contributed by atoms with Gasteiger partial charge in [0.05, 0.1) is 23.3 Å². The minimum Gasteiger partial charge on any atom is -0.465 e. The third kappa shape index (κ3) is 4.05. The van der Waals surface area contributed by atoms with E-state index in [1.54, 1.807) is 66.7 Å². The van der Waals surface area contributed by atoms with E-state index in [1.165, 1.54) is 23.8 Å². The number of nitrogens with zero attached hydrogens (tertiary/aromatic N) is 1. The highest BCUT2D eigenvalue weighted by atomic mass is 35.5. The van der Waals surface area contributed by atoms with E-state index < -0.39 is 5.97 Å². The number of esters is 1. The molecule has 1 amide bonds. The predicted octanol–water partition coefficient (Wildman–Crippen LogP) is 5.79. The number of benzene rings is 2. The minimum atomic E-state index is -0.400. The summed E-state index contributed by atoms with van der Waals surface area (Å²) in [6.45, 7) is 0. The van der Waals surface area contributed by atoms with Gasteiger partial charge in [-0.3, -0.25) is 9.69 Å². The van der Waals surface area contributed by atoms with Crippen LogP contribution in [-0.4, -0.2) is 23.3 Å². The smallest absolute Gasteiger partial charge is 0.337 e. The molecule has 1 aromatic heterocycles. The molecule has 30 heavy (non-hydrogen) atoms. The van der Waals surface area contributed by atoms with Gasteiger partial charge in [0.2, 0.25) is 0 Å². The fourth-order valence-electron chi connectivity index (χ4n) is 2.91. The van der Waals surface area contributed by atoms with Gasteiger partial charge in [0.15, 0.2) is 4.32 Å². The van der Waals surface area contributed by atoms with Crippen molar-refractivity contribution in [1.82, 2.24) is 0 Å². The van der Waals surface area contributed by atoms with Crippen LogP contribution < -0.4 is 4.90 Å². The summed E-state index contributed by atoms with van der Waals surface area (Å²) < 4.78 is 11.0. The van der Waals surface area contributed by atoms with Crippen molar-refractivity contribution in [3.8, 4) is 11.3 Å². The summed E-state index contributed by atoms with van der Waals surface area (Å²) in [6, 6.07) is 17.4. The maximum Gasteiger partial charge on any atom is 0.337 e. The van der Waals surface area contributed by atoms with Crippen molar-refractivity contribution >= 4 is 63.5 Å². The summed E-state index contributed by atoms with van der Waals surface area (Å²) in [4.78, 5) is 26.3. The van der Waals surface area contributed by atoms with Gasteiger partial charge in [0.25, 0.3) is 5.91 Å². The number of thioether (sulfide) groups is 1. The van der Waals surface area contributed by atoms with Crippen molar-refractivity contribution in [2.75, 3.05) is 12.0 Å². The first-order valence-electron chi connectivity index (χ1n) is 8.78. The molecule has 4 rings (SSSR count). The maximum absolute atomic E-state index is 12.9. The molecule has 1 aliphatic heterocycles. The Morgan fingerprint density at radius 1 is 1.17 bits per heavy atom. The number of carbonyl (C=O) groups excluding carboxylic acids is 2. The molecule has 8 heteroatoms. The topological polar surface area (TPSA) is 59.8 Å². The molecule has 1 fully saturated rings. The third-order valence-electron chi connectivity index (χ3n) is 4.35. The van der Waals surface area contributed by atoms with E-state index in [4.69, 9.17) is 33.0 Å². The first kappa shape index (κ1) is 20.4. The molecule has 0 radical (unpaired) electrons. The van der Waals surface area contributed by atoms with Crippen LogP contribution in [0.3, 0.4) is 0 Å². The number of anilines is 1. The summed E-state index contributed by atoms with van der Waals surface area (Å²) in [5, 5.41) is 0.527. The van der Waals surface area contributed by atoms with Gasteiger partial charge in [-0.25, -0.2) is 4.79 Å². The lowest BCUT2D eigenvalue weighted by molar-refractivity contribution is -0.113. The summed E-state index contributed by atoms with van der Waals surface area (Å²) >= 11 is 12.6. The van der Waals surface area contributed by atoms with Crippen molar-refractivity contribution in [1.29, 1.82) is 0 Å². The summed E-state index contributed by atoms with van der Waals surface area (Å²) in [5.74, 6) is 0.507. The van der Waals surface area contributed by atoms with Crippen LogP contribution in [0.15, 0.2) is 70.0 Å². The zero-order chi connectivity index (χ0) is 21.3. The SMILES string of the molecule is COC(=O)c1ccc(-c2ccc(/C=C3\SC(=S)N(c4cccc(Cl)c4)C3=O)o2)cc1. The van der Waals surface area contributed by atoms with Gasteiger partial charge in [0.1, 0.15) is 11.5 Å². The average Bonchev–Trinajstić information content (AvgIpc) is 3.32. The van der Waals surface area contributed by atoms with Crippen LogP contribution in [0.4, 0.5) is 5.69 Å². The Morgan fingerprint density at radius 2 is 1.93 bits per heavy atom. The molecule has 0 atom stereocenters. The van der Waals surface area contributed by atoms with Crippen LogP contribution in [0.2, 0.25) is 5.02 Å². The number of methoxy groups -OCH3 is 1. The lowest BCUT2D eigenvalue weighted by Crippen LogP contribution is -2.27. The van der Waals surface area contributed by atoms with Gasteiger partial charge in [-0.15, -0.1) is 0 Å². The van der Waals surface area contributed by atoms with E-state index in [0.717, 1.165) is 5.56 Å². The molecule has 0 spiro atoms. The molecule has 0 N–H and O–H groups in total. The molecule has 0 saturated carbocycles. The van der Waals surface area contributed by atoms with E-state index in [1.807, 2.05) is 0 Å². The van der Waals surface area contributed by atoms with Crippen LogP contribution in [0.25, 0.3) is 17.4 Å². The van der Waals surface area contributed by atoms with Crippen LogP contribution in [-0.2, 0) is 9.53 Å². The maximum atomic E-state index is 12.9. The largest absolute Gasteiger partial charge is 0.465 e. The Hall–Kier alpha value is -2.87. The summed E-state index contributed by atoms with van der Waals surface area (Å²) in [6.07, 6.45) is 1.66. The van der Waals surface area contributed by atoms with Gasteiger partial charge in [-0.2, -0.15) is 0 Å². The molecule has 5 nitrogen and oxygen atoms in total. The number of ether oxygens (including phenoxy) is 1. The molecule has 0 aliphatic carbocycles. The van der Waals surface area contributed by atoms with Crippen molar-refractivity contribution in [3.63, 3.8) is 0 Å². The van der Waals surface area contributed by atoms with Crippen LogP contribution in [0.1, 0.15) is 16.1 Å². The Morgan fingerprint density at radius 3 is 2.63 bits per heavy atom. The third-order valence-corrected chi connectivity index (χ3v) is 5.89. The van der Waals surface area contributed by atoms with Crippen molar-refractivity contribution in [3.05, 3.63) is 81.9 Å². The van der Waals surface area contributed by atoms with Crippen LogP contribution in [0.5, 0.6) is 0 Å². The molecule has 3 aromatic rings. The first-order valence-corrected chi connectivity index (χ1v) is 10.4. The Balaban J connectivity index is 1.56. The molecule has 2 aromatic carbocycles. The number of furan rings is 1. The summed E-state index contributed by atoms with van der Waals surface area (Å²) in [5.41, 5.74) is 1.88. The second-order valence-corrected chi connectivity index (χ2v) is 8.38. The molecule has 1 aliphatic rings. The molecule has 2 heterocycles. The van der Waals surface area contributed by atoms with Crippen molar-refractivity contribution in [2.24, 2.45) is 0 Å². The zero-order valence-electron chi connectivity index (χ0n) is 15.6. The molecule has 0 unspecified atom stereocenters.